The molecule has 0 aliphatic heterocycles. The van der Waals surface area contributed by atoms with E-state index < -0.39 is 0 Å². The van der Waals surface area contributed by atoms with Gasteiger partial charge in [0.15, 0.2) is 0 Å². The number of benzene rings is 2. The predicted octanol–water partition coefficient (Wildman–Crippen LogP) is 3.87. The highest BCUT2D eigenvalue weighted by atomic mass is 32.2. The lowest BCUT2D eigenvalue weighted by atomic mass is 10.2. The Bertz CT molecular complexity index is 1220. The van der Waals surface area contributed by atoms with Crippen molar-refractivity contribution in [1.82, 2.24) is 15.0 Å². The van der Waals surface area contributed by atoms with Crippen LogP contribution in [0.4, 0.5) is 5.69 Å². The van der Waals surface area contributed by atoms with Crippen LogP contribution in [0, 0.1) is 0 Å². The number of ether oxygens (including phenoxy) is 3. The van der Waals surface area contributed by atoms with Crippen molar-refractivity contribution in [2.45, 2.75) is 5.03 Å². The number of fused-ring (bicyclic) bond motifs is 3. The third-order valence-corrected chi connectivity index (χ3v) is 5.56. The zero-order valence-electron chi connectivity index (χ0n) is 16.7. The van der Waals surface area contributed by atoms with Crippen LogP contribution < -0.4 is 19.5 Å². The average Bonchev–Trinajstić information content (AvgIpc) is 3.16. The van der Waals surface area contributed by atoms with Crippen LogP contribution in [0.3, 0.4) is 0 Å². The number of nitrogens with zero attached hydrogens (tertiary/aromatic N) is 2. The van der Waals surface area contributed by atoms with E-state index in [-0.39, 0.29) is 11.7 Å². The largest absolute Gasteiger partial charge is 0.497 e. The maximum Gasteiger partial charge on any atom is 0.234 e. The number of anilines is 1. The van der Waals surface area contributed by atoms with Crippen LogP contribution in [0.5, 0.6) is 17.2 Å². The Kier molecular flexibility index (Phi) is 5.62. The second-order valence-electron chi connectivity index (χ2n) is 6.34. The van der Waals surface area contributed by atoms with Crippen molar-refractivity contribution in [1.29, 1.82) is 0 Å². The molecule has 0 aliphatic carbocycles. The molecule has 0 atom stereocenters. The minimum atomic E-state index is -0.184. The number of nitrogens with one attached hydrogen (secondary N) is 2. The molecule has 2 aromatic heterocycles. The Morgan fingerprint density at radius 3 is 2.57 bits per heavy atom. The summed E-state index contributed by atoms with van der Waals surface area (Å²) in [6.45, 7) is 0. The van der Waals surface area contributed by atoms with E-state index in [1.54, 1.807) is 39.5 Å². The summed E-state index contributed by atoms with van der Waals surface area (Å²) in [7, 11) is 4.75. The third-order valence-electron chi connectivity index (χ3n) is 4.57. The Labute approximate surface area is 177 Å². The van der Waals surface area contributed by atoms with Gasteiger partial charge in [-0.3, -0.25) is 4.79 Å². The van der Waals surface area contributed by atoms with Crippen LogP contribution in [0.2, 0.25) is 0 Å². The fourth-order valence-electron chi connectivity index (χ4n) is 3.12. The molecular weight excluding hydrogens is 404 g/mol. The van der Waals surface area contributed by atoms with Crippen LogP contribution in [0.1, 0.15) is 0 Å². The highest BCUT2D eigenvalue weighted by Gasteiger charge is 2.14. The summed E-state index contributed by atoms with van der Waals surface area (Å²) in [6, 6.07) is 11.0. The number of H-pyrrole nitrogens is 1. The molecule has 0 unspecified atom stereocenters. The summed E-state index contributed by atoms with van der Waals surface area (Å²) in [5.41, 5.74) is 3.06. The highest BCUT2D eigenvalue weighted by molar-refractivity contribution is 8.00. The molecule has 0 saturated carbocycles. The van der Waals surface area contributed by atoms with Crippen molar-refractivity contribution in [3.8, 4) is 17.2 Å². The first kappa shape index (κ1) is 19.8. The first-order valence-electron chi connectivity index (χ1n) is 9.08. The molecule has 2 N–H and O–H groups in total. The van der Waals surface area contributed by atoms with E-state index in [4.69, 9.17) is 14.2 Å². The summed E-state index contributed by atoms with van der Waals surface area (Å²) in [6.07, 6.45) is 1.50. The smallest absolute Gasteiger partial charge is 0.234 e. The van der Waals surface area contributed by atoms with Crippen LogP contribution >= 0.6 is 11.8 Å². The molecule has 0 spiro atoms. The van der Waals surface area contributed by atoms with E-state index in [0.717, 1.165) is 27.7 Å². The van der Waals surface area contributed by atoms with E-state index >= 15 is 0 Å². The molecule has 154 valence electrons. The molecular formula is C21H20N4O4S. The molecule has 0 fully saturated rings. The number of carbonyl (C=O) groups excluding carboxylic acids is 1. The first-order chi connectivity index (χ1) is 14.6. The predicted molar refractivity (Wildman–Crippen MR) is 117 cm³/mol. The van der Waals surface area contributed by atoms with Crippen LogP contribution in [0.25, 0.3) is 21.9 Å². The molecule has 4 rings (SSSR count). The van der Waals surface area contributed by atoms with E-state index in [2.05, 4.69) is 20.3 Å². The number of carbonyl (C=O) groups is 1. The number of aromatic amines is 1. The molecule has 1 amide bonds. The first-order valence-corrected chi connectivity index (χ1v) is 10.1. The van der Waals surface area contributed by atoms with Crippen molar-refractivity contribution in [3.05, 3.63) is 42.7 Å². The van der Waals surface area contributed by atoms with Gasteiger partial charge in [-0.15, -0.1) is 0 Å². The van der Waals surface area contributed by atoms with Gasteiger partial charge in [0.25, 0.3) is 0 Å². The second kappa shape index (κ2) is 8.50. The number of hydrogen-bond acceptors (Lipinski definition) is 7. The van der Waals surface area contributed by atoms with Crippen molar-refractivity contribution in [2.24, 2.45) is 0 Å². The van der Waals surface area contributed by atoms with Gasteiger partial charge in [0.05, 0.1) is 38.3 Å². The minimum Gasteiger partial charge on any atom is -0.497 e. The maximum absolute atomic E-state index is 12.5. The normalized spacial score (nSPS) is 10.9. The minimum absolute atomic E-state index is 0.172. The van der Waals surface area contributed by atoms with Gasteiger partial charge < -0.3 is 24.5 Å². The van der Waals surface area contributed by atoms with Crippen molar-refractivity contribution in [3.63, 3.8) is 0 Å². The van der Waals surface area contributed by atoms with Gasteiger partial charge in [0, 0.05) is 17.0 Å². The molecule has 4 aromatic rings. The standard InChI is InChI=1S/C21H20N4O4S/c1-27-12-4-6-15-14(8-12)19-20(25-15)21(23-11-22-19)30-10-18(26)24-16-9-13(28-2)5-7-17(16)29-3/h4-9,11,25H,10H2,1-3H3,(H,24,26). The number of hydrogen-bond donors (Lipinski definition) is 2. The molecule has 0 saturated heterocycles. The fraction of sp³-hybridized carbons (Fsp3) is 0.190. The molecule has 2 aromatic carbocycles. The summed E-state index contributed by atoms with van der Waals surface area (Å²) < 4.78 is 15.8. The van der Waals surface area contributed by atoms with E-state index in [9.17, 15) is 4.79 Å². The molecule has 2 heterocycles. The van der Waals surface area contributed by atoms with Crippen LogP contribution in [0.15, 0.2) is 47.8 Å². The third kappa shape index (κ3) is 3.84. The molecule has 0 radical (unpaired) electrons. The van der Waals surface area contributed by atoms with Gasteiger partial charge in [-0.05, 0) is 30.3 Å². The molecule has 0 aliphatic rings. The summed E-state index contributed by atoms with van der Waals surface area (Å²) in [4.78, 5) is 24.6. The molecule has 8 nitrogen and oxygen atoms in total. The summed E-state index contributed by atoms with van der Waals surface area (Å²) in [5, 5.41) is 4.50. The molecule has 0 bridgehead atoms. The Hall–Kier alpha value is -3.46. The van der Waals surface area contributed by atoms with Crippen molar-refractivity contribution in [2.75, 3.05) is 32.4 Å². The van der Waals surface area contributed by atoms with Crippen LogP contribution in [-0.4, -0.2) is 47.9 Å². The van der Waals surface area contributed by atoms with Gasteiger partial charge in [-0.2, -0.15) is 0 Å². The zero-order valence-corrected chi connectivity index (χ0v) is 17.5. The number of methoxy groups -OCH3 is 3. The Morgan fingerprint density at radius 2 is 1.80 bits per heavy atom. The number of thioether (sulfide) groups is 1. The van der Waals surface area contributed by atoms with Gasteiger partial charge >= 0.3 is 0 Å². The molecule has 30 heavy (non-hydrogen) atoms. The summed E-state index contributed by atoms with van der Waals surface area (Å²) in [5.74, 6) is 1.93. The van der Waals surface area contributed by atoms with E-state index in [1.807, 2.05) is 18.2 Å². The lowest BCUT2D eigenvalue weighted by molar-refractivity contribution is -0.113. The van der Waals surface area contributed by atoms with E-state index in [1.165, 1.54) is 18.1 Å². The van der Waals surface area contributed by atoms with Crippen LogP contribution in [-0.2, 0) is 4.79 Å². The average molecular weight is 424 g/mol. The number of amides is 1. The van der Waals surface area contributed by atoms with Gasteiger partial charge in [0.1, 0.15) is 34.1 Å². The van der Waals surface area contributed by atoms with Crippen molar-refractivity contribution < 1.29 is 19.0 Å². The number of rotatable bonds is 7. The fourth-order valence-corrected chi connectivity index (χ4v) is 3.87. The zero-order chi connectivity index (χ0) is 21.1. The highest BCUT2D eigenvalue weighted by Crippen LogP contribution is 2.32. The lowest BCUT2D eigenvalue weighted by Crippen LogP contribution is -2.15. The topological polar surface area (TPSA) is 98.4 Å². The quantitative estimate of drug-likeness (QED) is 0.343. The van der Waals surface area contributed by atoms with Gasteiger partial charge in [-0.25, -0.2) is 9.97 Å². The monoisotopic (exact) mass is 424 g/mol. The SMILES string of the molecule is COc1ccc(OC)c(NC(=O)CSc2ncnc3c2[nH]c2ccc(OC)cc23)c1. The van der Waals surface area contributed by atoms with E-state index in [0.29, 0.717) is 22.2 Å². The Morgan fingerprint density at radius 1 is 1.03 bits per heavy atom. The van der Waals surface area contributed by atoms with Crippen molar-refractivity contribution >= 4 is 45.3 Å². The van der Waals surface area contributed by atoms with Gasteiger partial charge in [0.2, 0.25) is 5.91 Å². The maximum atomic E-state index is 12.5. The Balaban J connectivity index is 1.54. The molecule has 9 heteroatoms. The number of aromatic nitrogens is 3. The second-order valence-corrected chi connectivity index (χ2v) is 7.31. The summed E-state index contributed by atoms with van der Waals surface area (Å²) >= 11 is 1.33. The lowest BCUT2D eigenvalue weighted by Gasteiger charge is -2.11. The van der Waals surface area contributed by atoms with Gasteiger partial charge in [-0.1, -0.05) is 11.8 Å².